The lowest BCUT2D eigenvalue weighted by atomic mass is 10.2. The van der Waals surface area contributed by atoms with Crippen LogP contribution in [0.3, 0.4) is 0 Å². The normalized spacial score (nSPS) is 11.8. The second-order valence-corrected chi connectivity index (χ2v) is 5.68. The number of furan rings is 1. The Labute approximate surface area is 144 Å². The zero-order chi connectivity index (χ0) is 17.2. The van der Waals surface area contributed by atoms with E-state index < -0.39 is 0 Å². The maximum absolute atomic E-state index is 12.3. The van der Waals surface area contributed by atoms with E-state index in [0.29, 0.717) is 17.2 Å². The van der Waals surface area contributed by atoms with Gasteiger partial charge in [0.25, 0.3) is 5.91 Å². The Hall–Kier alpha value is -3.47. The second-order valence-electron chi connectivity index (χ2n) is 5.68. The van der Waals surface area contributed by atoms with Gasteiger partial charge < -0.3 is 4.42 Å². The maximum atomic E-state index is 12.3. The van der Waals surface area contributed by atoms with Crippen LogP contribution in [0.15, 0.2) is 76.2 Å². The first-order chi connectivity index (χ1) is 12.2. The zero-order valence-electron chi connectivity index (χ0n) is 13.6. The number of carbonyl (C=O) groups excluding carboxylic acids is 1. The number of amides is 1. The molecule has 0 unspecified atom stereocenters. The second kappa shape index (κ2) is 6.20. The first kappa shape index (κ1) is 15.1. The van der Waals surface area contributed by atoms with Crippen LogP contribution in [-0.2, 0) is 0 Å². The molecule has 0 aliphatic carbocycles. The third-order valence-corrected chi connectivity index (χ3v) is 3.94. The quantitative estimate of drug-likeness (QED) is 0.454. The molecule has 0 radical (unpaired) electrons. The van der Waals surface area contributed by atoms with E-state index in [1.165, 1.54) is 0 Å². The first-order valence-electron chi connectivity index (χ1n) is 7.90. The zero-order valence-corrected chi connectivity index (χ0v) is 13.6. The Morgan fingerprint density at radius 2 is 1.76 bits per heavy atom. The molecule has 0 saturated heterocycles. The topological polar surface area (TPSA) is 67.5 Å². The van der Waals surface area contributed by atoms with Crippen molar-refractivity contribution in [2.24, 2.45) is 5.10 Å². The summed E-state index contributed by atoms with van der Waals surface area (Å²) in [5.74, 6) is 0.259. The predicted molar refractivity (Wildman–Crippen MR) is 97.6 cm³/mol. The average Bonchev–Trinajstić information content (AvgIpc) is 3.09. The van der Waals surface area contributed by atoms with Crippen molar-refractivity contribution in [3.8, 4) is 0 Å². The van der Waals surface area contributed by atoms with Crippen LogP contribution in [-0.4, -0.2) is 16.6 Å². The first-order valence-corrected chi connectivity index (χ1v) is 7.90. The molecule has 0 aliphatic heterocycles. The van der Waals surface area contributed by atoms with Crippen LogP contribution in [0.5, 0.6) is 0 Å². The molecule has 0 saturated carbocycles. The summed E-state index contributed by atoms with van der Waals surface area (Å²) in [6.07, 6.45) is 0. The van der Waals surface area contributed by atoms with Gasteiger partial charge in [0.05, 0.1) is 5.52 Å². The molecule has 5 heteroatoms. The predicted octanol–water partition coefficient (Wildman–Crippen LogP) is 4.14. The molecule has 1 N–H and O–H groups in total. The molecule has 0 atom stereocenters. The molecule has 2 aromatic heterocycles. The fourth-order valence-corrected chi connectivity index (χ4v) is 2.60. The number of aromatic nitrogens is 1. The van der Waals surface area contributed by atoms with Crippen LogP contribution < -0.4 is 5.43 Å². The van der Waals surface area contributed by atoms with E-state index in [1.54, 1.807) is 13.0 Å². The van der Waals surface area contributed by atoms with E-state index in [2.05, 4.69) is 15.5 Å². The molecule has 0 aliphatic rings. The standard InChI is InChI=1S/C20H15N3O2/c1-13(19-12-15-7-3-5-9-18(15)25-19)22-23-20(24)17-11-10-14-6-2-4-8-16(14)21-17/h2-12H,1H3,(H,23,24)/b22-13+. The number of hydrazone groups is 1. The van der Waals surface area contributed by atoms with Gasteiger partial charge in [-0.15, -0.1) is 0 Å². The molecule has 2 aromatic carbocycles. The van der Waals surface area contributed by atoms with Gasteiger partial charge in [-0.3, -0.25) is 4.79 Å². The number of para-hydroxylation sites is 2. The summed E-state index contributed by atoms with van der Waals surface area (Å²) in [4.78, 5) is 16.6. The number of rotatable bonds is 3. The third-order valence-electron chi connectivity index (χ3n) is 3.94. The van der Waals surface area contributed by atoms with Gasteiger partial charge in [-0.1, -0.05) is 42.5 Å². The van der Waals surface area contributed by atoms with Gasteiger partial charge in [-0.05, 0) is 31.2 Å². The molecular weight excluding hydrogens is 314 g/mol. The summed E-state index contributed by atoms with van der Waals surface area (Å²) in [7, 11) is 0. The van der Waals surface area contributed by atoms with Crippen molar-refractivity contribution in [2.75, 3.05) is 0 Å². The highest BCUT2D eigenvalue weighted by Crippen LogP contribution is 2.19. The molecule has 4 rings (SSSR count). The molecule has 122 valence electrons. The van der Waals surface area contributed by atoms with Gasteiger partial charge in [0.2, 0.25) is 0 Å². The lowest BCUT2D eigenvalue weighted by Crippen LogP contribution is -2.20. The minimum Gasteiger partial charge on any atom is -0.455 e. The number of fused-ring (bicyclic) bond motifs is 2. The lowest BCUT2D eigenvalue weighted by Gasteiger charge is -2.02. The van der Waals surface area contributed by atoms with Crippen LogP contribution in [0.25, 0.3) is 21.9 Å². The van der Waals surface area contributed by atoms with Gasteiger partial charge in [-0.25, -0.2) is 10.4 Å². The van der Waals surface area contributed by atoms with E-state index in [-0.39, 0.29) is 5.91 Å². The molecule has 0 spiro atoms. The fraction of sp³-hybridized carbons (Fsp3) is 0.0500. The van der Waals surface area contributed by atoms with Crippen LogP contribution in [0.1, 0.15) is 23.2 Å². The van der Waals surface area contributed by atoms with E-state index in [9.17, 15) is 4.79 Å². The van der Waals surface area contributed by atoms with Crippen molar-refractivity contribution in [2.45, 2.75) is 6.92 Å². The number of hydrogen-bond donors (Lipinski definition) is 1. The molecule has 25 heavy (non-hydrogen) atoms. The number of pyridine rings is 1. The summed E-state index contributed by atoms with van der Waals surface area (Å²) in [6, 6.07) is 20.8. The minimum absolute atomic E-state index is 0.319. The van der Waals surface area contributed by atoms with Crippen molar-refractivity contribution < 1.29 is 9.21 Å². The molecular formula is C20H15N3O2. The monoisotopic (exact) mass is 329 g/mol. The smallest absolute Gasteiger partial charge is 0.289 e. The molecule has 0 fully saturated rings. The van der Waals surface area contributed by atoms with Crippen LogP contribution in [0.2, 0.25) is 0 Å². The van der Waals surface area contributed by atoms with Gasteiger partial charge >= 0.3 is 0 Å². The Balaban J connectivity index is 1.55. The maximum Gasteiger partial charge on any atom is 0.289 e. The Morgan fingerprint density at radius 1 is 1.00 bits per heavy atom. The lowest BCUT2D eigenvalue weighted by molar-refractivity contribution is 0.0950. The Bertz CT molecular complexity index is 1080. The Kier molecular flexibility index (Phi) is 3.74. The van der Waals surface area contributed by atoms with Crippen molar-refractivity contribution in [3.05, 3.63) is 78.2 Å². The largest absolute Gasteiger partial charge is 0.455 e. The van der Waals surface area contributed by atoms with Crippen molar-refractivity contribution >= 4 is 33.5 Å². The molecule has 2 heterocycles. The number of carbonyl (C=O) groups is 1. The highest BCUT2D eigenvalue weighted by atomic mass is 16.3. The summed E-state index contributed by atoms with van der Waals surface area (Å²) in [5, 5.41) is 6.11. The van der Waals surface area contributed by atoms with E-state index in [0.717, 1.165) is 21.9 Å². The van der Waals surface area contributed by atoms with E-state index in [4.69, 9.17) is 4.42 Å². The average molecular weight is 329 g/mol. The minimum atomic E-state index is -0.360. The fourth-order valence-electron chi connectivity index (χ4n) is 2.60. The van der Waals surface area contributed by atoms with Crippen LogP contribution >= 0.6 is 0 Å². The highest BCUT2D eigenvalue weighted by Gasteiger charge is 2.09. The van der Waals surface area contributed by atoms with Gasteiger partial charge in [0, 0.05) is 10.8 Å². The molecule has 4 aromatic rings. The van der Waals surface area contributed by atoms with Gasteiger partial charge in [0.1, 0.15) is 17.0 Å². The molecule has 5 nitrogen and oxygen atoms in total. The number of nitrogens with zero attached hydrogens (tertiary/aromatic N) is 2. The molecule has 1 amide bonds. The van der Waals surface area contributed by atoms with Gasteiger partial charge in [0.15, 0.2) is 5.76 Å². The van der Waals surface area contributed by atoms with Crippen LogP contribution in [0, 0.1) is 0 Å². The van der Waals surface area contributed by atoms with E-state index >= 15 is 0 Å². The summed E-state index contributed by atoms with van der Waals surface area (Å²) < 4.78 is 5.73. The summed E-state index contributed by atoms with van der Waals surface area (Å²) >= 11 is 0. The SMILES string of the molecule is C/C(=N\NC(=O)c1ccc2ccccc2n1)c1cc2ccccc2o1. The summed E-state index contributed by atoms with van der Waals surface area (Å²) in [5.41, 5.74) is 5.00. The number of nitrogens with one attached hydrogen (secondary N) is 1. The van der Waals surface area contributed by atoms with Crippen molar-refractivity contribution in [1.82, 2.24) is 10.4 Å². The van der Waals surface area contributed by atoms with Crippen molar-refractivity contribution in [3.63, 3.8) is 0 Å². The Morgan fingerprint density at radius 3 is 2.60 bits per heavy atom. The highest BCUT2D eigenvalue weighted by molar-refractivity contribution is 6.01. The molecule has 0 bridgehead atoms. The number of hydrogen-bond acceptors (Lipinski definition) is 4. The number of benzene rings is 2. The van der Waals surface area contributed by atoms with Crippen LogP contribution in [0.4, 0.5) is 0 Å². The van der Waals surface area contributed by atoms with Gasteiger partial charge in [-0.2, -0.15) is 5.10 Å². The summed E-state index contributed by atoms with van der Waals surface area (Å²) in [6.45, 7) is 1.78. The van der Waals surface area contributed by atoms with Crippen molar-refractivity contribution in [1.29, 1.82) is 0 Å². The third kappa shape index (κ3) is 2.99. The van der Waals surface area contributed by atoms with E-state index in [1.807, 2.05) is 60.7 Å².